The number of aliphatic imine (C=N–C) groups is 1. The van der Waals surface area contributed by atoms with E-state index in [0.29, 0.717) is 23.1 Å². The smallest absolute Gasteiger partial charge is 0.191 e. The van der Waals surface area contributed by atoms with E-state index in [1.807, 2.05) is 13.0 Å². The molecule has 2 N–H and O–H groups in total. The van der Waals surface area contributed by atoms with Crippen molar-refractivity contribution in [1.29, 1.82) is 5.26 Å². The molecule has 1 aromatic rings. The molecule has 0 radical (unpaired) electrons. The van der Waals surface area contributed by atoms with Crippen LogP contribution in [0.2, 0.25) is 0 Å². The standard InChI is InChI=1S/C20H30FN5.HI/c1-4-23-20(24-13-17-6-5-16(12-22)11-19(17)21)25-18-7-9-26(10-8-18)14-15(2)3;/h5-6,11,15,18H,4,7-10,13-14H2,1-3H3,(H2,23,24,25);1H. The fourth-order valence-corrected chi connectivity index (χ4v) is 3.20. The van der Waals surface area contributed by atoms with Crippen LogP contribution in [-0.2, 0) is 6.54 Å². The van der Waals surface area contributed by atoms with Crippen LogP contribution in [0, 0.1) is 23.1 Å². The van der Waals surface area contributed by atoms with Crippen molar-refractivity contribution in [3.8, 4) is 6.07 Å². The summed E-state index contributed by atoms with van der Waals surface area (Å²) in [5.74, 6) is 1.03. The van der Waals surface area contributed by atoms with Gasteiger partial charge in [-0.25, -0.2) is 9.38 Å². The molecule has 0 amide bonds. The van der Waals surface area contributed by atoms with Crippen LogP contribution in [-0.4, -0.2) is 43.1 Å². The predicted molar refractivity (Wildman–Crippen MR) is 119 cm³/mol. The van der Waals surface area contributed by atoms with E-state index in [9.17, 15) is 4.39 Å². The first-order valence-electron chi connectivity index (χ1n) is 9.47. The van der Waals surface area contributed by atoms with Crippen molar-refractivity contribution in [2.45, 2.75) is 46.2 Å². The minimum absolute atomic E-state index is 0. The number of benzene rings is 1. The molecule has 0 aromatic heterocycles. The molecule has 1 fully saturated rings. The molecular formula is C20H31FIN5. The first-order chi connectivity index (χ1) is 12.5. The molecule has 150 valence electrons. The fourth-order valence-electron chi connectivity index (χ4n) is 3.20. The Morgan fingerprint density at radius 1 is 1.37 bits per heavy atom. The largest absolute Gasteiger partial charge is 0.357 e. The highest BCUT2D eigenvalue weighted by Crippen LogP contribution is 2.13. The molecule has 1 aromatic carbocycles. The zero-order chi connectivity index (χ0) is 18.9. The third kappa shape index (κ3) is 8.01. The minimum Gasteiger partial charge on any atom is -0.357 e. The number of guanidine groups is 1. The van der Waals surface area contributed by atoms with Crippen LogP contribution in [0.5, 0.6) is 0 Å². The third-order valence-electron chi connectivity index (χ3n) is 4.49. The molecule has 1 saturated heterocycles. The highest BCUT2D eigenvalue weighted by Gasteiger charge is 2.20. The topological polar surface area (TPSA) is 63.5 Å². The Labute approximate surface area is 179 Å². The molecule has 2 rings (SSSR count). The van der Waals surface area contributed by atoms with Crippen molar-refractivity contribution in [3.05, 3.63) is 35.1 Å². The highest BCUT2D eigenvalue weighted by molar-refractivity contribution is 14.0. The normalized spacial score (nSPS) is 15.9. The first kappa shape index (κ1) is 23.6. The summed E-state index contributed by atoms with van der Waals surface area (Å²) in [4.78, 5) is 7.03. The van der Waals surface area contributed by atoms with E-state index in [0.717, 1.165) is 45.0 Å². The molecule has 7 heteroatoms. The van der Waals surface area contributed by atoms with Gasteiger partial charge >= 0.3 is 0 Å². The maximum Gasteiger partial charge on any atom is 0.191 e. The number of piperidine rings is 1. The summed E-state index contributed by atoms with van der Waals surface area (Å²) in [6.07, 6.45) is 2.17. The van der Waals surface area contributed by atoms with Gasteiger partial charge in [-0.05, 0) is 37.8 Å². The zero-order valence-electron chi connectivity index (χ0n) is 16.5. The van der Waals surface area contributed by atoms with Crippen LogP contribution in [0.25, 0.3) is 0 Å². The molecule has 1 aliphatic heterocycles. The van der Waals surface area contributed by atoms with Crippen molar-refractivity contribution in [3.63, 3.8) is 0 Å². The lowest BCUT2D eigenvalue weighted by molar-refractivity contribution is 0.187. The molecule has 0 spiro atoms. The SMILES string of the molecule is CCNC(=NCc1ccc(C#N)cc1F)NC1CCN(CC(C)C)CC1.I. The second-order valence-electron chi connectivity index (χ2n) is 7.23. The van der Waals surface area contributed by atoms with E-state index < -0.39 is 0 Å². The zero-order valence-corrected chi connectivity index (χ0v) is 18.8. The van der Waals surface area contributed by atoms with Crippen LogP contribution in [0.3, 0.4) is 0 Å². The van der Waals surface area contributed by atoms with Gasteiger partial charge in [0.15, 0.2) is 5.96 Å². The van der Waals surface area contributed by atoms with E-state index in [1.54, 1.807) is 12.1 Å². The Morgan fingerprint density at radius 2 is 2.07 bits per heavy atom. The number of hydrogen-bond donors (Lipinski definition) is 2. The van der Waals surface area contributed by atoms with Gasteiger partial charge in [0, 0.05) is 37.8 Å². The predicted octanol–water partition coefficient (Wildman–Crippen LogP) is 3.49. The van der Waals surface area contributed by atoms with Crippen molar-refractivity contribution in [2.75, 3.05) is 26.2 Å². The highest BCUT2D eigenvalue weighted by atomic mass is 127. The van der Waals surface area contributed by atoms with Gasteiger partial charge in [0.2, 0.25) is 0 Å². The summed E-state index contributed by atoms with van der Waals surface area (Å²) in [7, 11) is 0. The number of likely N-dealkylation sites (tertiary alicyclic amines) is 1. The Kier molecular flexibility index (Phi) is 10.6. The van der Waals surface area contributed by atoms with Crippen molar-refractivity contribution < 1.29 is 4.39 Å². The summed E-state index contributed by atoms with van der Waals surface area (Å²) in [5.41, 5.74) is 0.821. The number of nitrogens with zero attached hydrogens (tertiary/aromatic N) is 3. The van der Waals surface area contributed by atoms with Gasteiger partial charge in [0.05, 0.1) is 18.2 Å². The van der Waals surface area contributed by atoms with Gasteiger partial charge in [0.25, 0.3) is 0 Å². The Bertz CT molecular complexity index is 648. The quantitative estimate of drug-likeness (QED) is 0.367. The molecule has 0 atom stereocenters. The number of nitrogens with one attached hydrogen (secondary N) is 2. The molecule has 0 aliphatic carbocycles. The number of nitriles is 1. The lowest BCUT2D eigenvalue weighted by atomic mass is 10.0. The van der Waals surface area contributed by atoms with Gasteiger partial charge in [-0.1, -0.05) is 19.9 Å². The van der Waals surface area contributed by atoms with Gasteiger partial charge in [0.1, 0.15) is 5.82 Å². The van der Waals surface area contributed by atoms with Crippen molar-refractivity contribution in [2.24, 2.45) is 10.9 Å². The summed E-state index contributed by atoms with van der Waals surface area (Å²) in [5, 5.41) is 15.5. The Balaban J connectivity index is 0.00000364. The monoisotopic (exact) mass is 487 g/mol. The molecule has 5 nitrogen and oxygen atoms in total. The van der Waals surface area contributed by atoms with Crippen LogP contribution < -0.4 is 10.6 Å². The molecule has 1 heterocycles. The van der Waals surface area contributed by atoms with E-state index in [2.05, 4.69) is 34.4 Å². The maximum atomic E-state index is 14.0. The van der Waals surface area contributed by atoms with Gasteiger partial charge in [-0.15, -0.1) is 24.0 Å². The lowest BCUT2D eigenvalue weighted by Gasteiger charge is -2.34. The number of hydrogen-bond acceptors (Lipinski definition) is 3. The summed E-state index contributed by atoms with van der Waals surface area (Å²) >= 11 is 0. The van der Waals surface area contributed by atoms with Crippen LogP contribution in [0.15, 0.2) is 23.2 Å². The number of halogens is 2. The summed E-state index contributed by atoms with van der Waals surface area (Å²) < 4.78 is 14.0. The lowest BCUT2D eigenvalue weighted by Crippen LogP contribution is -2.49. The van der Waals surface area contributed by atoms with Crippen LogP contribution >= 0.6 is 24.0 Å². The first-order valence-corrected chi connectivity index (χ1v) is 9.47. The molecule has 0 saturated carbocycles. The maximum absolute atomic E-state index is 14.0. The molecule has 27 heavy (non-hydrogen) atoms. The summed E-state index contributed by atoms with van der Waals surface area (Å²) in [6.45, 7) is 10.9. The Morgan fingerprint density at radius 3 is 2.63 bits per heavy atom. The molecule has 1 aliphatic rings. The van der Waals surface area contributed by atoms with E-state index in [-0.39, 0.29) is 36.3 Å². The van der Waals surface area contributed by atoms with Crippen LogP contribution in [0.1, 0.15) is 44.7 Å². The van der Waals surface area contributed by atoms with E-state index in [4.69, 9.17) is 5.26 Å². The van der Waals surface area contributed by atoms with Gasteiger partial charge in [-0.2, -0.15) is 5.26 Å². The van der Waals surface area contributed by atoms with E-state index >= 15 is 0 Å². The Hall–Kier alpha value is -1.40. The average molecular weight is 487 g/mol. The van der Waals surface area contributed by atoms with Crippen molar-refractivity contribution >= 4 is 29.9 Å². The second-order valence-corrected chi connectivity index (χ2v) is 7.23. The molecular weight excluding hydrogens is 456 g/mol. The average Bonchev–Trinajstić information content (AvgIpc) is 2.61. The second kappa shape index (κ2) is 12.1. The third-order valence-corrected chi connectivity index (χ3v) is 4.49. The molecule has 0 bridgehead atoms. The van der Waals surface area contributed by atoms with Gasteiger partial charge in [-0.3, -0.25) is 0 Å². The van der Waals surface area contributed by atoms with Crippen LogP contribution in [0.4, 0.5) is 4.39 Å². The summed E-state index contributed by atoms with van der Waals surface area (Å²) in [6, 6.07) is 6.85. The fraction of sp³-hybridized carbons (Fsp3) is 0.600. The van der Waals surface area contributed by atoms with Gasteiger partial charge < -0.3 is 15.5 Å². The van der Waals surface area contributed by atoms with Crippen molar-refractivity contribution in [1.82, 2.24) is 15.5 Å². The minimum atomic E-state index is -0.384. The van der Waals surface area contributed by atoms with E-state index in [1.165, 1.54) is 6.07 Å². The number of rotatable bonds is 6. The molecule has 0 unspecified atom stereocenters.